The van der Waals surface area contributed by atoms with Crippen molar-refractivity contribution < 1.29 is 27.5 Å². The van der Waals surface area contributed by atoms with Crippen LogP contribution in [-0.4, -0.2) is 27.6 Å². The van der Waals surface area contributed by atoms with Crippen LogP contribution in [0, 0.1) is 0 Å². The highest BCUT2D eigenvalue weighted by atomic mass is 35.7. The number of carbonyl (C=O) groups excluding carboxylic acids is 2. The third-order valence-corrected chi connectivity index (χ3v) is 2.34. The first-order chi connectivity index (χ1) is 8.33. The summed E-state index contributed by atoms with van der Waals surface area (Å²) in [7, 11) is 1.70. The molecule has 1 rings (SSSR count). The molecule has 98 valence electrons. The van der Waals surface area contributed by atoms with E-state index in [1.807, 2.05) is 0 Å². The molecule has 0 aliphatic carbocycles. The lowest BCUT2D eigenvalue weighted by Crippen LogP contribution is -2.30. The van der Waals surface area contributed by atoms with Gasteiger partial charge in [-0.2, -0.15) is 8.42 Å². The highest BCUT2D eigenvalue weighted by molar-refractivity contribution is 8.12. The molecule has 0 unspecified atom stereocenters. The molecule has 0 aliphatic rings. The van der Waals surface area contributed by atoms with E-state index in [2.05, 4.69) is 9.47 Å². The zero-order chi connectivity index (χ0) is 13.8. The third kappa shape index (κ3) is 4.22. The number of halogens is 1. The fourth-order valence-corrected chi connectivity index (χ4v) is 1.48. The third-order valence-electron chi connectivity index (χ3n) is 1.70. The van der Waals surface area contributed by atoms with Crippen LogP contribution in [0.3, 0.4) is 0 Å². The number of methoxy groups -OCH3 is 1. The van der Waals surface area contributed by atoms with E-state index >= 15 is 0 Å². The number of esters is 1. The van der Waals surface area contributed by atoms with Crippen LogP contribution in [0.15, 0.2) is 24.3 Å². The van der Waals surface area contributed by atoms with Crippen molar-refractivity contribution in [1.29, 1.82) is 0 Å². The van der Waals surface area contributed by atoms with Crippen molar-refractivity contribution in [3.05, 3.63) is 29.8 Å². The largest absolute Gasteiger partial charge is 0.465 e. The second-order valence-corrected chi connectivity index (χ2v) is 5.22. The first kappa shape index (κ1) is 14.3. The molecule has 0 bridgehead atoms. The van der Waals surface area contributed by atoms with Gasteiger partial charge in [0.05, 0.1) is 7.11 Å². The number of hydrogen-bond donors (Lipinski definition) is 1. The standard InChI is InChI=1S/C9H8ClNO6S/c1-16-8(12)6-4-2-3-5-7(6)17-9(13)11-18(10,14)15/h2-5H,1H3,(H,11,13). The number of ether oxygens (including phenoxy) is 2. The van der Waals surface area contributed by atoms with Gasteiger partial charge in [-0.25, -0.2) is 14.3 Å². The minimum absolute atomic E-state index is 0.0258. The Morgan fingerprint density at radius 3 is 2.44 bits per heavy atom. The molecule has 18 heavy (non-hydrogen) atoms. The Labute approximate surface area is 107 Å². The summed E-state index contributed by atoms with van der Waals surface area (Å²) < 4.78 is 31.6. The van der Waals surface area contributed by atoms with Crippen LogP contribution in [0.25, 0.3) is 0 Å². The van der Waals surface area contributed by atoms with Gasteiger partial charge in [0.2, 0.25) is 0 Å². The molecular weight excluding hydrogens is 286 g/mol. The Kier molecular flexibility index (Phi) is 4.51. The summed E-state index contributed by atoms with van der Waals surface area (Å²) in [4.78, 5) is 22.5. The van der Waals surface area contributed by atoms with E-state index in [0.717, 1.165) is 7.11 Å². The van der Waals surface area contributed by atoms with Crippen LogP contribution in [0.2, 0.25) is 0 Å². The van der Waals surface area contributed by atoms with Gasteiger partial charge < -0.3 is 9.47 Å². The van der Waals surface area contributed by atoms with Crippen LogP contribution in [0.5, 0.6) is 5.75 Å². The van der Waals surface area contributed by atoms with Gasteiger partial charge in [-0.3, -0.25) is 0 Å². The molecule has 0 radical (unpaired) electrons. The van der Waals surface area contributed by atoms with Gasteiger partial charge in [0, 0.05) is 10.7 Å². The van der Waals surface area contributed by atoms with E-state index in [1.54, 1.807) is 0 Å². The molecule has 0 spiro atoms. The molecule has 7 nitrogen and oxygen atoms in total. The van der Waals surface area contributed by atoms with Crippen LogP contribution < -0.4 is 9.46 Å². The molecular formula is C9H8ClNO6S. The predicted octanol–water partition coefficient (Wildman–Crippen LogP) is 1.05. The lowest BCUT2D eigenvalue weighted by molar-refractivity contribution is 0.0598. The Balaban J connectivity index is 2.91. The predicted molar refractivity (Wildman–Crippen MR) is 61.7 cm³/mol. The maximum atomic E-state index is 11.3. The topological polar surface area (TPSA) is 98.8 Å². The number of carbonyl (C=O) groups is 2. The van der Waals surface area contributed by atoms with Gasteiger partial charge in [0.15, 0.2) is 0 Å². The summed E-state index contributed by atoms with van der Waals surface area (Å²) in [6.45, 7) is 0. The number of nitrogens with one attached hydrogen (secondary N) is 1. The Morgan fingerprint density at radius 2 is 1.89 bits per heavy atom. The fourth-order valence-electron chi connectivity index (χ4n) is 1.05. The molecule has 1 N–H and O–H groups in total. The molecule has 1 aromatic rings. The van der Waals surface area contributed by atoms with Gasteiger partial charge in [0.1, 0.15) is 11.3 Å². The smallest absolute Gasteiger partial charge is 0.427 e. The van der Waals surface area contributed by atoms with E-state index in [4.69, 9.17) is 10.7 Å². The van der Waals surface area contributed by atoms with Crippen molar-refractivity contribution in [3.8, 4) is 5.75 Å². The van der Waals surface area contributed by atoms with Gasteiger partial charge in [-0.05, 0) is 12.1 Å². The van der Waals surface area contributed by atoms with Crippen molar-refractivity contribution in [3.63, 3.8) is 0 Å². The van der Waals surface area contributed by atoms with Crippen molar-refractivity contribution in [2.75, 3.05) is 7.11 Å². The normalized spacial score (nSPS) is 10.6. The lowest BCUT2D eigenvalue weighted by atomic mass is 10.2. The van der Waals surface area contributed by atoms with Crippen molar-refractivity contribution in [1.82, 2.24) is 4.72 Å². The maximum Gasteiger partial charge on any atom is 0.427 e. The van der Waals surface area contributed by atoms with Crippen molar-refractivity contribution >= 4 is 32.0 Å². The first-order valence-electron chi connectivity index (χ1n) is 4.45. The van der Waals surface area contributed by atoms with Crippen LogP contribution >= 0.6 is 10.7 Å². The second kappa shape index (κ2) is 5.69. The Morgan fingerprint density at radius 1 is 1.28 bits per heavy atom. The van der Waals surface area contributed by atoms with Gasteiger partial charge in [-0.1, -0.05) is 12.1 Å². The zero-order valence-electron chi connectivity index (χ0n) is 9.05. The Hall–Kier alpha value is -1.80. The van der Waals surface area contributed by atoms with Crippen molar-refractivity contribution in [2.45, 2.75) is 0 Å². The fraction of sp³-hybridized carbons (Fsp3) is 0.111. The molecule has 0 fully saturated rings. The summed E-state index contributed by atoms with van der Waals surface area (Å²) >= 11 is 0. The maximum absolute atomic E-state index is 11.3. The number of rotatable bonds is 3. The molecule has 1 aromatic carbocycles. The summed E-state index contributed by atoms with van der Waals surface area (Å²) in [5, 5.41) is 0. The minimum atomic E-state index is -4.25. The highest BCUT2D eigenvalue weighted by Gasteiger charge is 2.17. The molecule has 0 saturated carbocycles. The minimum Gasteiger partial charge on any atom is -0.465 e. The van der Waals surface area contributed by atoms with Gasteiger partial charge >= 0.3 is 21.3 Å². The molecule has 0 heterocycles. The lowest BCUT2D eigenvalue weighted by Gasteiger charge is -2.07. The molecule has 0 aromatic heterocycles. The average Bonchev–Trinajstić information content (AvgIpc) is 2.26. The summed E-state index contributed by atoms with van der Waals surface area (Å²) in [6.07, 6.45) is -1.33. The van der Waals surface area contributed by atoms with E-state index in [9.17, 15) is 18.0 Å². The summed E-state index contributed by atoms with van der Waals surface area (Å²) in [5.41, 5.74) is -0.0258. The number of hydrogen-bond acceptors (Lipinski definition) is 6. The number of para-hydroxylation sites is 1. The average molecular weight is 294 g/mol. The van der Waals surface area contributed by atoms with E-state index in [1.165, 1.54) is 29.0 Å². The quantitative estimate of drug-likeness (QED) is 0.660. The van der Waals surface area contributed by atoms with Crippen LogP contribution in [0.4, 0.5) is 4.79 Å². The summed E-state index contributed by atoms with van der Waals surface area (Å²) in [5.74, 6) is -0.880. The molecule has 0 atom stereocenters. The van der Waals surface area contributed by atoms with Crippen LogP contribution in [0.1, 0.15) is 10.4 Å². The van der Waals surface area contributed by atoms with Crippen molar-refractivity contribution in [2.24, 2.45) is 0 Å². The molecule has 9 heteroatoms. The van der Waals surface area contributed by atoms with Crippen LogP contribution in [-0.2, 0) is 14.0 Å². The second-order valence-electron chi connectivity index (χ2n) is 2.92. The number of amides is 1. The molecule has 1 amide bonds. The van der Waals surface area contributed by atoms with E-state index < -0.39 is 21.3 Å². The highest BCUT2D eigenvalue weighted by Crippen LogP contribution is 2.18. The van der Waals surface area contributed by atoms with Gasteiger partial charge in [0.25, 0.3) is 0 Å². The monoisotopic (exact) mass is 293 g/mol. The Bertz CT molecular complexity index is 570. The first-order valence-corrected chi connectivity index (χ1v) is 6.76. The van der Waals surface area contributed by atoms with Gasteiger partial charge in [-0.15, -0.1) is 0 Å². The summed E-state index contributed by atoms with van der Waals surface area (Å²) in [6, 6.07) is 5.66. The SMILES string of the molecule is COC(=O)c1ccccc1OC(=O)NS(=O)(=O)Cl. The zero-order valence-corrected chi connectivity index (χ0v) is 10.6. The molecule has 0 aliphatic heterocycles. The van der Waals surface area contributed by atoms with E-state index in [-0.39, 0.29) is 11.3 Å². The molecule has 0 saturated heterocycles. The van der Waals surface area contributed by atoms with E-state index in [0.29, 0.717) is 0 Å². The number of benzene rings is 1.